The molecular weight excluding hydrogens is 388 g/mol. The van der Waals surface area contributed by atoms with Gasteiger partial charge in [-0.3, -0.25) is 4.90 Å². The van der Waals surface area contributed by atoms with E-state index >= 15 is 0 Å². The molecule has 0 radical (unpaired) electrons. The maximum atomic E-state index is 12.6. The highest BCUT2D eigenvalue weighted by Gasteiger charge is 2.29. The van der Waals surface area contributed by atoms with Crippen LogP contribution in [-0.2, 0) is 16.6 Å². The van der Waals surface area contributed by atoms with Gasteiger partial charge in [0.15, 0.2) is 0 Å². The van der Waals surface area contributed by atoms with E-state index in [0.717, 1.165) is 19.6 Å². The van der Waals surface area contributed by atoms with Crippen molar-refractivity contribution < 1.29 is 8.42 Å². The molecule has 1 fully saturated rings. The summed E-state index contributed by atoms with van der Waals surface area (Å²) >= 11 is 1.28. The Bertz CT molecular complexity index is 1000. The minimum Gasteiger partial charge on any atom is -0.296 e. The summed E-state index contributed by atoms with van der Waals surface area (Å²) in [5.41, 5.74) is 4.96. The molecule has 4 rings (SSSR count). The predicted molar refractivity (Wildman–Crippen MR) is 115 cm³/mol. The first-order valence-corrected chi connectivity index (χ1v) is 11.8. The Kier molecular flexibility index (Phi) is 5.64. The van der Waals surface area contributed by atoms with Gasteiger partial charge in [0.1, 0.15) is 4.21 Å². The summed E-state index contributed by atoms with van der Waals surface area (Å²) in [6.45, 7) is 5.54. The molecule has 146 valence electrons. The van der Waals surface area contributed by atoms with Crippen LogP contribution in [0.3, 0.4) is 0 Å². The highest BCUT2D eigenvalue weighted by molar-refractivity contribution is 7.91. The molecule has 0 spiro atoms. The first kappa shape index (κ1) is 19.3. The van der Waals surface area contributed by atoms with Crippen molar-refractivity contribution in [2.45, 2.75) is 17.7 Å². The Morgan fingerprint density at radius 1 is 0.857 bits per heavy atom. The molecule has 2 heterocycles. The first-order chi connectivity index (χ1) is 13.5. The van der Waals surface area contributed by atoms with Gasteiger partial charge in [0, 0.05) is 32.7 Å². The highest BCUT2D eigenvalue weighted by atomic mass is 32.2. The lowest BCUT2D eigenvalue weighted by molar-refractivity contribution is 0.182. The van der Waals surface area contributed by atoms with E-state index in [1.54, 1.807) is 16.4 Å². The van der Waals surface area contributed by atoms with Crippen molar-refractivity contribution in [3.05, 3.63) is 77.2 Å². The minimum atomic E-state index is -3.33. The van der Waals surface area contributed by atoms with E-state index in [4.69, 9.17) is 0 Å². The maximum Gasteiger partial charge on any atom is 0.252 e. The fourth-order valence-electron chi connectivity index (χ4n) is 3.47. The zero-order valence-corrected chi connectivity index (χ0v) is 17.5. The predicted octanol–water partition coefficient (Wildman–Crippen LogP) is 4.23. The van der Waals surface area contributed by atoms with Crippen LogP contribution < -0.4 is 0 Å². The van der Waals surface area contributed by atoms with Gasteiger partial charge in [0.05, 0.1) is 0 Å². The van der Waals surface area contributed by atoms with Crippen LogP contribution in [-0.4, -0.2) is 43.8 Å². The topological polar surface area (TPSA) is 40.6 Å². The number of piperazine rings is 1. The lowest BCUT2D eigenvalue weighted by atomic mass is 10.0. The van der Waals surface area contributed by atoms with E-state index in [9.17, 15) is 8.42 Å². The van der Waals surface area contributed by atoms with E-state index in [0.29, 0.717) is 17.3 Å². The number of rotatable bonds is 5. The fourth-order valence-corrected chi connectivity index (χ4v) is 6.04. The summed E-state index contributed by atoms with van der Waals surface area (Å²) in [6.07, 6.45) is 0. The van der Waals surface area contributed by atoms with Crippen LogP contribution in [0.2, 0.25) is 0 Å². The van der Waals surface area contributed by atoms with Gasteiger partial charge in [0.2, 0.25) is 0 Å². The smallest absolute Gasteiger partial charge is 0.252 e. The Morgan fingerprint density at radius 3 is 2.04 bits per heavy atom. The molecule has 0 N–H and O–H groups in total. The Balaban J connectivity index is 1.35. The third-order valence-corrected chi connectivity index (χ3v) is 8.44. The summed E-state index contributed by atoms with van der Waals surface area (Å²) in [5.74, 6) is 0. The lowest BCUT2D eigenvalue weighted by Crippen LogP contribution is -2.48. The van der Waals surface area contributed by atoms with Crippen molar-refractivity contribution in [2.24, 2.45) is 0 Å². The Labute approximate surface area is 171 Å². The second-order valence-electron chi connectivity index (χ2n) is 7.18. The summed E-state index contributed by atoms with van der Waals surface area (Å²) < 4.78 is 27.3. The van der Waals surface area contributed by atoms with Gasteiger partial charge in [-0.25, -0.2) is 8.42 Å². The van der Waals surface area contributed by atoms with Gasteiger partial charge in [0.25, 0.3) is 10.0 Å². The normalized spacial score (nSPS) is 16.3. The third kappa shape index (κ3) is 4.20. The highest BCUT2D eigenvalue weighted by Crippen LogP contribution is 2.23. The van der Waals surface area contributed by atoms with Gasteiger partial charge in [-0.05, 0) is 35.1 Å². The molecule has 0 aliphatic carbocycles. The van der Waals surface area contributed by atoms with Gasteiger partial charge < -0.3 is 0 Å². The molecule has 1 aromatic heterocycles. The van der Waals surface area contributed by atoms with Crippen LogP contribution in [0.4, 0.5) is 0 Å². The zero-order valence-electron chi connectivity index (χ0n) is 15.9. The summed E-state index contributed by atoms with van der Waals surface area (Å²) in [7, 11) is -3.33. The number of hydrogen-bond acceptors (Lipinski definition) is 4. The van der Waals surface area contributed by atoms with Crippen LogP contribution in [0.1, 0.15) is 11.1 Å². The number of thiophene rings is 1. The second-order valence-corrected chi connectivity index (χ2v) is 10.3. The van der Waals surface area contributed by atoms with Gasteiger partial charge in [-0.15, -0.1) is 11.3 Å². The molecular formula is C22H24N2O2S2. The zero-order chi connectivity index (χ0) is 19.6. The first-order valence-electron chi connectivity index (χ1n) is 9.44. The molecule has 4 nitrogen and oxygen atoms in total. The van der Waals surface area contributed by atoms with E-state index in [1.807, 2.05) is 5.38 Å². The van der Waals surface area contributed by atoms with Gasteiger partial charge in [-0.2, -0.15) is 4.31 Å². The standard InChI is InChI=1S/C22H24N2O2S2/c1-18-4-8-20(9-5-18)21-10-6-19(7-11-21)17-23-12-14-24(15-13-23)28(25,26)22-3-2-16-27-22/h2-11,16H,12-15,17H2,1H3. The van der Waals surface area contributed by atoms with Crippen molar-refractivity contribution >= 4 is 21.4 Å². The van der Waals surface area contributed by atoms with Crippen molar-refractivity contribution in [3.8, 4) is 11.1 Å². The van der Waals surface area contributed by atoms with E-state index in [1.165, 1.54) is 33.6 Å². The van der Waals surface area contributed by atoms with Crippen LogP contribution in [0.15, 0.2) is 70.3 Å². The van der Waals surface area contributed by atoms with E-state index in [-0.39, 0.29) is 0 Å². The SMILES string of the molecule is Cc1ccc(-c2ccc(CN3CCN(S(=O)(=O)c4cccs4)CC3)cc2)cc1. The fraction of sp³-hybridized carbons (Fsp3) is 0.273. The van der Waals surface area contributed by atoms with Gasteiger partial charge in [-0.1, -0.05) is 60.2 Å². The van der Waals surface area contributed by atoms with Crippen molar-refractivity contribution in [2.75, 3.05) is 26.2 Å². The van der Waals surface area contributed by atoms with E-state index < -0.39 is 10.0 Å². The molecule has 1 aliphatic heterocycles. The quantitative estimate of drug-likeness (QED) is 0.630. The molecule has 1 aliphatic rings. The molecule has 6 heteroatoms. The minimum absolute atomic E-state index is 0.438. The average Bonchev–Trinajstić information content (AvgIpc) is 3.26. The van der Waals surface area contributed by atoms with Crippen molar-refractivity contribution in [3.63, 3.8) is 0 Å². The van der Waals surface area contributed by atoms with Crippen LogP contribution >= 0.6 is 11.3 Å². The molecule has 0 unspecified atom stereocenters. The number of sulfonamides is 1. The molecule has 1 saturated heterocycles. The molecule has 28 heavy (non-hydrogen) atoms. The summed E-state index contributed by atoms with van der Waals surface area (Å²) in [6, 6.07) is 20.7. The number of hydrogen-bond donors (Lipinski definition) is 0. The monoisotopic (exact) mass is 412 g/mol. The van der Waals surface area contributed by atoms with Crippen molar-refractivity contribution in [1.82, 2.24) is 9.21 Å². The second kappa shape index (κ2) is 8.17. The number of nitrogens with zero attached hydrogens (tertiary/aromatic N) is 2. The van der Waals surface area contributed by atoms with E-state index in [2.05, 4.69) is 60.4 Å². The maximum absolute atomic E-state index is 12.6. The lowest BCUT2D eigenvalue weighted by Gasteiger charge is -2.33. The summed E-state index contributed by atoms with van der Waals surface area (Å²) in [4.78, 5) is 2.32. The molecule has 0 atom stereocenters. The van der Waals surface area contributed by atoms with Gasteiger partial charge >= 0.3 is 0 Å². The molecule has 0 amide bonds. The average molecular weight is 413 g/mol. The molecule has 3 aromatic rings. The molecule has 0 saturated carbocycles. The molecule has 0 bridgehead atoms. The summed E-state index contributed by atoms with van der Waals surface area (Å²) in [5, 5.41) is 1.81. The van der Waals surface area contributed by atoms with Crippen LogP contribution in [0.25, 0.3) is 11.1 Å². The Morgan fingerprint density at radius 2 is 1.46 bits per heavy atom. The molecule has 2 aromatic carbocycles. The number of aryl methyl sites for hydroxylation is 1. The van der Waals surface area contributed by atoms with Crippen LogP contribution in [0, 0.1) is 6.92 Å². The Hall–Kier alpha value is -1.99. The van der Waals surface area contributed by atoms with Crippen LogP contribution in [0.5, 0.6) is 0 Å². The van der Waals surface area contributed by atoms with Crippen molar-refractivity contribution in [1.29, 1.82) is 0 Å². The number of benzene rings is 2. The third-order valence-electron chi connectivity index (χ3n) is 5.17. The largest absolute Gasteiger partial charge is 0.296 e.